The molecule has 0 aromatic heterocycles. The van der Waals surface area contributed by atoms with Crippen LogP contribution in [-0.2, 0) is 4.79 Å². The van der Waals surface area contributed by atoms with Crippen molar-refractivity contribution in [2.24, 2.45) is 0 Å². The van der Waals surface area contributed by atoms with Crippen LogP contribution in [-0.4, -0.2) is 34.9 Å². The Morgan fingerprint density at radius 1 is 1.80 bits per heavy atom. The van der Waals surface area contributed by atoms with Crippen molar-refractivity contribution in [2.45, 2.75) is 6.42 Å². The fourth-order valence-corrected chi connectivity index (χ4v) is 1.49. The Hall–Kier alpha value is -0.260. The molecule has 0 bridgehead atoms. The maximum absolute atomic E-state index is 10.2. The van der Waals surface area contributed by atoms with E-state index in [1.165, 1.54) is 0 Å². The molecule has 0 aromatic carbocycles. The van der Waals surface area contributed by atoms with Crippen LogP contribution in [0.25, 0.3) is 0 Å². The van der Waals surface area contributed by atoms with Crippen LogP contribution in [0.15, 0.2) is 0 Å². The van der Waals surface area contributed by atoms with Crippen LogP contribution in [0.5, 0.6) is 0 Å². The number of hydrogen-bond acceptors (Lipinski definition) is 4. The van der Waals surface area contributed by atoms with Crippen LogP contribution in [0.1, 0.15) is 6.42 Å². The maximum atomic E-state index is 10.2. The van der Waals surface area contributed by atoms with Crippen LogP contribution >= 0.6 is 11.9 Å². The predicted octanol–water partition coefficient (Wildman–Crippen LogP) is -0.0705. The molecule has 0 aromatic rings. The SMILES string of the molecule is O=C(O)CN1CCCSN1. The third-order valence-electron chi connectivity index (χ3n) is 1.19. The number of rotatable bonds is 2. The number of hydrogen-bond donors (Lipinski definition) is 2. The molecule has 2 N–H and O–H groups in total. The van der Waals surface area contributed by atoms with Gasteiger partial charge in [-0.05, 0) is 6.42 Å². The van der Waals surface area contributed by atoms with E-state index in [1.807, 2.05) is 0 Å². The molecule has 1 aliphatic rings. The van der Waals surface area contributed by atoms with Crippen LogP contribution in [0.4, 0.5) is 0 Å². The molecule has 0 saturated carbocycles. The first-order chi connectivity index (χ1) is 4.79. The Kier molecular flexibility index (Phi) is 2.98. The first-order valence-corrected chi connectivity index (χ1v) is 4.12. The van der Waals surface area contributed by atoms with Gasteiger partial charge < -0.3 is 5.11 Å². The van der Waals surface area contributed by atoms with Crippen LogP contribution < -0.4 is 4.83 Å². The maximum Gasteiger partial charge on any atom is 0.319 e. The van der Waals surface area contributed by atoms with Gasteiger partial charge in [0.05, 0.1) is 0 Å². The van der Waals surface area contributed by atoms with Gasteiger partial charge in [-0.1, -0.05) is 11.9 Å². The minimum Gasteiger partial charge on any atom is -0.480 e. The van der Waals surface area contributed by atoms with Crippen molar-refractivity contribution in [3.8, 4) is 0 Å². The van der Waals surface area contributed by atoms with Crippen molar-refractivity contribution in [2.75, 3.05) is 18.8 Å². The van der Waals surface area contributed by atoms with E-state index in [4.69, 9.17) is 5.11 Å². The van der Waals surface area contributed by atoms with Gasteiger partial charge in [-0.3, -0.25) is 4.79 Å². The van der Waals surface area contributed by atoms with E-state index in [9.17, 15) is 4.79 Å². The third kappa shape index (κ3) is 2.55. The number of carboxylic acid groups (broad SMARTS) is 1. The lowest BCUT2D eigenvalue weighted by molar-refractivity contribution is -0.138. The summed E-state index contributed by atoms with van der Waals surface area (Å²) in [4.78, 5) is 13.1. The molecule has 1 saturated heterocycles. The minimum atomic E-state index is -0.782. The van der Waals surface area contributed by atoms with Crippen molar-refractivity contribution in [1.29, 1.82) is 0 Å². The van der Waals surface area contributed by atoms with Crippen molar-refractivity contribution in [3.05, 3.63) is 0 Å². The van der Waals surface area contributed by atoms with Crippen LogP contribution in [0.3, 0.4) is 0 Å². The highest BCUT2D eigenvalue weighted by atomic mass is 32.2. The van der Waals surface area contributed by atoms with Gasteiger partial charge in [0, 0.05) is 12.3 Å². The first-order valence-electron chi connectivity index (χ1n) is 3.13. The lowest BCUT2D eigenvalue weighted by Crippen LogP contribution is -2.41. The average molecular weight is 162 g/mol. The summed E-state index contributed by atoms with van der Waals surface area (Å²) in [6.45, 7) is 0.923. The molecular formula is C5H10N2O2S. The second-order valence-electron chi connectivity index (χ2n) is 2.11. The topological polar surface area (TPSA) is 52.6 Å². The smallest absolute Gasteiger partial charge is 0.319 e. The third-order valence-corrected chi connectivity index (χ3v) is 2.07. The number of aliphatic carboxylic acids is 1. The second kappa shape index (κ2) is 3.80. The zero-order valence-corrected chi connectivity index (χ0v) is 6.36. The summed E-state index contributed by atoms with van der Waals surface area (Å²) < 4.78 is 0. The quantitative estimate of drug-likeness (QED) is 0.557. The molecule has 1 heterocycles. The van der Waals surface area contributed by atoms with Crippen molar-refractivity contribution >= 4 is 17.9 Å². The minimum absolute atomic E-state index is 0.0903. The van der Waals surface area contributed by atoms with Crippen molar-refractivity contribution in [1.82, 2.24) is 9.84 Å². The summed E-state index contributed by atoms with van der Waals surface area (Å²) >= 11 is 1.56. The van der Waals surface area contributed by atoms with Crippen molar-refractivity contribution < 1.29 is 9.90 Å². The van der Waals surface area contributed by atoms with Crippen LogP contribution in [0, 0.1) is 0 Å². The fraction of sp³-hybridized carbons (Fsp3) is 0.800. The predicted molar refractivity (Wildman–Crippen MR) is 39.4 cm³/mol. The number of carbonyl (C=O) groups is 1. The second-order valence-corrected chi connectivity index (χ2v) is 2.99. The summed E-state index contributed by atoms with van der Waals surface area (Å²) in [5.74, 6) is 0.283. The summed E-state index contributed by atoms with van der Waals surface area (Å²) in [6, 6.07) is 0. The van der Waals surface area contributed by atoms with Gasteiger partial charge in [-0.15, -0.1) is 0 Å². The van der Waals surface area contributed by atoms with Gasteiger partial charge in [0.15, 0.2) is 0 Å². The Balaban J connectivity index is 2.19. The highest BCUT2D eigenvalue weighted by molar-refractivity contribution is 7.97. The van der Waals surface area contributed by atoms with E-state index >= 15 is 0 Å². The van der Waals surface area contributed by atoms with Gasteiger partial charge >= 0.3 is 5.97 Å². The molecule has 0 unspecified atom stereocenters. The summed E-state index contributed by atoms with van der Waals surface area (Å²) in [5.41, 5.74) is 0. The van der Waals surface area contributed by atoms with E-state index in [-0.39, 0.29) is 6.54 Å². The summed E-state index contributed by atoms with van der Waals surface area (Å²) in [5, 5.41) is 10.1. The van der Waals surface area contributed by atoms with Gasteiger partial charge in [0.2, 0.25) is 0 Å². The monoisotopic (exact) mass is 162 g/mol. The molecular weight excluding hydrogens is 152 g/mol. The molecule has 1 fully saturated rings. The highest BCUT2D eigenvalue weighted by Gasteiger charge is 2.11. The molecule has 58 valence electrons. The molecule has 4 nitrogen and oxygen atoms in total. The number of nitrogens with zero attached hydrogens (tertiary/aromatic N) is 1. The Morgan fingerprint density at radius 3 is 3.10 bits per heavy atom. The standard InChI is InChI=1S/C5H10N2O2S/c8-5(9)4-7-2-1-3-10-6-7/h6H,1-4H2,(H,8,9). The largest absolute Gasteiger partial charge is 0.480 e. The van der Waals surface area contributed by atoms with E-state index in [0.717, 1.165) is 18.7 Å². The molecule has 10 heavy (non-hydrogen) atoms. The van der Waals surface area contributed by atoms with E-state index in [1.54, 1.807) is 17.0 Å². The number of hydrazine groups is 1. The van der Waals surface area contributed by atoms with E-state index in [2.05, 4.69) is 4.83 Å². The molecule has 0 spiro atoms. The van der Waals surface area contributed by atoms with Gasteiger partial charge in [-0.25, -0.2) is 5.01 Å². The van der Waals surface area contributed by atoms with E-state index in [0.29, 0.717) is 0 Å². The number of carboxylic acids is 1. The molecule has 0 amide bonds. The average Bonchev–Trinajstić information content (AvgIpc) is 1.88. The zero-order chi connectivity index (χ0) is 7.40. The summed E-state index contributed by atoms with van der Waals surface area (Å²) in [7, 11) is 0. The van der Waals surface area contributed by atoms with Crippen LogP contribution in [0.2, 0.25) is 0 Å². The highest BCUT2D eigenvalue weighted by Crippen LogP contribution is 2.06. The summed E-state index contributed by atoms with van der Waals surface area (Å²) in [6.07, 6.45) is 1.06. The molecule has 0 aliphatic carbocycles. The first kappa shape index (κ1) is 7.84. The Labute approximate surface area is 63.7 Å². The molecule has 5 heteroatoms. The van der Waals surface area contributed by atoms with Gasteiger partial charge in [-0.2, -0.15) is 4.83 Å². The van der Waals surface area contributed by atoms with Gasteiger partial charge in [0.1, 0.15) is 6.54 Å². The molecule has 1 aliphatic heterocycles. The Morgan fingerprint density at radius 2 is 2.60 bits per heavy atom. The molecule has 1 rings (SSSR count). The van der Waals surface area contributed by atoms with Crippen molar-refractivity contribution in [3.63, 3.8) is 0 Å². The molecule has 0 radical (unpaired) electrons. The molecule has 0 atom stereocenters. The lowest BCUT2D eigenvalue weighted by Gasteiger charge is -2.24. The zero-order valence-electron chi connectivity index (χ0n) is 5.54. The Bertz CT molecular complexity index is 125. The fourth-order valence-electron chi connectivity index (χ4n) is 0.785. The van der Waals surface area contributed by atoms with Gasteiger partial charge in [0.25, 0.3) is 0 Å². The lowest BCUT2D eigenvalue weighted by atomic mass is 10.4. The normalized spacial score (nSPS) is 20.8. The number of nitrogens with one attached hydrogen (secondary N) is 1. The van der Waals surface area contributed by atoms with E-state index < -0.39 is 5.97 Å².